The summed E-state index contributed by atoms with van der Waals surface area (Å²) in [7, 11) is 0. The number of halogens is 5. The highest BCUT2D eigenvalue weighted by Gasteiger charge is 2.38. The number of carboxylic acids is 1. The van der Waals surface area contributed by atoms with Gasteiger partial charge in [0.2, 0.25) is 0 Å². The van der Waals surface area contributed by atoms with E-state index < -0.39 is 35.3 Å². The molecule has 0 aliphatic carbocycles. The van der Waals surface area contributed by atoms with E-state index in [2.05, 4.69) is 4.98 Å². The zero-order valence-electron chi connectivity index (χ0n) is 7.42. The van der Waals surface area contributed by atoms with Crippen molar-refractivity contribution in [3.8, 4) is 0 Å². The third-order valence-corrected chi connectivity index (χ3v) is 1.74. The van der Waals surface area contributed by atoms with Crippen LogP contribution in [0.1, 0.15) is 27.9 Å². The van der Waals surface area contributed by atoms with Crippen LogP contribution in [0.15, 0.2) is 12.4 Å². The summed E-state index contributed by atoms with van der Waals surface area (Å²) in [5.74, 6) is -1.88. The molecule has 1 aromatic rings. The van der Waals surface area contributed by atoms with Crippen molar-refractivity contribution in [2.45, 2.75) is 12.6 Å². The SMILES string of the molecule is O=C(O)c1cncc(C(F)(F)F)c1C(F)F. The lowest BCUT2D eigenvalue weighted by Gasteiger charge is -2.13. The average Bonchev–Trinajstić information content (AvgIpc) is 2.14. The standard InChI is InChI=1S/C8H4F5NO2/c9-6(10)5-3(7(15)16)1-14-2-4(5)8(11,12)13/h1-2,6H,(H,15,16). The van der Waals surface area contributed by atoms with Gasteiger partial charge in [-0.25, -0.2) is 13.6 Å². The molecule has 3 nitrogen and oxygen atoms in total. The molecule has 0 amide bonds. The van der Waals surface area contributed by atoms with Gasteiger partial charge in [-0.2, -0.15) is 13.2 Å². The van der Waals surface area contributed by atoms with E-state index in [0.29, 0.717) is 6.20 Å². The smallest absolute Gasteiger partial charge is 0.418 e. The highest BCUT2D eigenvalue weighted by atomic mass is 19.4. The number of alkyl halides is 5. The first-order valence-corrected chi connectivity index (χ1v) is 3.81. The van der Waals surface area contributed by atoms with E-state index in [0.717, 1.165) is 0 Å². The molecule has 1 rings (SSSR count). The molecule has 0 fully saturated rings. The molecule has 0 aliphatic heterocycles. The molecule has 0 spiro atoms. The summed E-state index contributed by atoms with van der Waals surface area (Å²) in [4.78, 5) is 13.4. The maximum atomic E-state index is 12.4. The summed E-state index contributed by atoms with van der Waals surface area (Å²) >= 11 is 0. The Morgan fingerprint density at radius 2 is 1.88 bits per heavy atom. The van der Waals surface area contributed by atoms with Crippen LogP contribution in [-0.2, 0) is 6.18 Å². The second-order valence-electron chi connectivity index (χ2n) is 2.75. The number of carboxylic acid groups (broad SMARTS) is 1. The molecule has 0 radical (unpaired) electrons. The summed E-state index contributed by atoms with van der Waals surface area (Å²) in [6, 6.07) is 0. The van der Waals surface area contributed by atoms with E-state index in [9.17, 15) is 26.7 Å². The molecule has 0 bridgehead atoms. The number of aromatic nitrogens is 1. The van der Waals surface area contributed by atoms with Gasteiger partial charge in [0, 0.05) is 18.0 Å². The van der Waals surface area contributed by atoms with E-state index in [1.807, 2.05) is 0 Å². The molecule has 0 saturated heterocycles. The third-order valence-electron chi connectivity index (χ3n) is 1.74. The fourth-order valence-corrected chi connectivity index (χ4v) is 1.10. The largest absolute Gasteiger partial charge is 0.478 e. The van der Waals surface area contributed by atoms with Crippen molar-refractivity contribution < 1.29 is 31.9 Å². The van der Waals surface area contributed by atoms with Gasteiger partial charge in [-0.05, 0) is 0 Å². The van der Waals surface area contributed by atoms with Crippen LogP contribution in [0.25, 0.3) is 0 Å². The zero-order chi connectivity index (χ0) is 12.5. The van der Waals surface area contributed by atoms with Gasteiger partial charge in [0.05, 0.1) is 11.1 Å². The molecular formula is C8H4F5NO2. The normalized spacial score (nSPS) is 11.9. The predicted octanol–water partition coefficient (Wildman–Crippen LogP) is 2.74. The maximum Gasteiger partial charge on any atom is 0.418 e. The molecule has 0 saturated carbocycles. The Hall–Kier alpha value is -1.73. The monoisotopic (exact) mass is 241 g/mol. The number of pyridine rings is 1. The van der Waals surface area contributed by atoms with Gasteiger partial charge in [-0.3, -0.25) is 4.98 Å². The molecule has 8 heteroatoms. The van der Waals surface area contributed by atoms with Crippen molar-refractivity contribution in [1.82, 2.24) is 4.98 Å². The predicted molar refractivity (Wildman–Crippen MR) is 41.2 cm³/mol. The molecule has 16 heavy (non-hydrogen) atoms. The van der Waals surface area contributed by atoms with Gasteiger partial charge in [0.1, 0.15) is 0 Å². The number of hydrogen-bond donors (Lipinski definition) is 1. The van der Waals surface area contributed by atoms with Crippen molar-refractivity contribution in [3.05, 3.63) is 29.1 Å². The number of nitrogens with zero attached hydrogens (tertiary/aromatic N) is 1. The Morgan fingerprint density at radius 1 is 1.31 bits per heavy atom. The second kappa shape index (κ2) is 4.03. The van der Waals surface area contributed by atoms with E-state index in [1.165, 1.54) is 0 Å². The van der Waals surface area contributed by atoms with Gasteiger partial charge >= 0.3 is 12.1 Å². The number of hydrogen-bond acceptors (Lipinski definition) is 2. The minimum absolute atomic E-state index is 0.175. The van der Waals surface area contributed by atoms with E-state index in [-0.39, 0.29) is 6.20 Å². The maximum absolute atomic E-state index is 12.4. The van der Waals surface area contributed by atoms with Crippen LogP contribution >= 0.6 is 0 Å². The van der Waals surface area contributed by atoms with Crippen LogP contribution < -0.4 is 0 Å². The molecule has 1 aromatic heterocycles. The van der Waals surface area contributed by atoms with Crippen LogP contribution in [0.3, 0.4) is 0 Å². The summed E-state index contributed by atoms with van der Waals surface area (Å²) in [6.07, 6.45) is -7.97. The fourth-order valence-electron chi connectivity index (χ4n) is 1.10. The van der Waals surface area contributed by atoms with Gasteiger partial charge in [0.15, 0.2) is 0 Å². The molecule has 0 atom stereocenters. The van der Waals surface area contributed by atoms with Crippen LogP contribution in [-0.4, -0.2) is 16.1 Å². The van der Waals surface area contributed by atoms with Crippen LogP contribution in [0.2, 0.25) is 0 Å². The van der Waals surface area contributed by atoms with Crippen molar-refractivity contribution in [1.29, 1.82) is 0 Å². The highest BCUT2D eigenvalue weighted by Crippen LogP contribution is 2.37. The van der Waals surface area contributed by atoms with Crippen LogP contribution in [0, 0.1) is 0 Å². The van der Waals surface area contributed by atoms with Gasteiger partial charge < -0.3 is 5.11 Å². The average molecular weight is 241 g/mol. The van der Waals surface area contributed by atoms with Crippen LogP contribution in [0.5, 0.6) is 0 Å². The van der Waals surface area contributed by atoms with Crippen molar-refractivity contribution in [2.75, 3.05) is 0 Å². The number of rotatable bonds is 2. The summed E-state index contributed by atoms with van der Waals surface area (Å²) in [5, 5.41) is 8.46. The summed E-state index contributed by atoms with van der Waals surface area (Å²) < 4.78 is 61.6. The first kappa shape index (κ1) is 12.3. The highest BCUT2D eigenvalue weighted by molar-refractivity contribution is 5.89. The Labute approximate surface area is 85.5 Å². The first-order valence-electron chi connectivity index (χ1n) is 3.81. The lowest BCUT2D eigenvalue weighted by molar-refractivity contribution is -0.139. The summed E-state index contributed by atoms with van der Waals surface area (Å²) in [5.41, 5.74) is -4.44. The van der Waals surface area contributed by atoms with E-state index in [1.54, 1.807) is 0 Å². The quantitative estimate of drug-likeness (QED) is 0.810. The van der Waals surface area contributed by atoms with Crippen LogP contribution in [0.4, 0.5) is 22.0 Å². The third kappa shape index (κ3) is 2.26. The molecule has 1 N–H and O–H groups in total. The molecule has 0 aliphatic rings. The first-order chi connectivity index (χ1) is 7.25. The van der Waals surface area contributed by atoms with Gasteiger partial charge in [-0.15, -0.1) is 0 Å². The molecule has 88 valence electrons. The van der Waals surface area contributed by atoms with Crippen molar-refractivity contribution in [3.63, 3.8) is 0 Å². The van der Waals surface area contributed by atoms with Crippen molar-refractivity contribution in [2.24, 2.45) is 0 Å². The Bertz CT molecular complexity index is 415. The van der Waals surface area contributed by atoms with E-state index in [4.69, 9.17) is 5.11 Å². The molecule has 0 aromatic carbocycles. The summed E-state index contributed by atoms with van der Waals surface area (Å²) in [6.45, 7) is 0. The fraction of sp³-hybridized carbons (Fsp3) is 0.250. The molecule has 0 unspecified atom stereocenters. The topological polar surface area (TPSA) is 50.2 Å². The minimum atomic E-state index is -5.07. The van der Waals surface area contributed by atoms with Gasteiger partial charge in [-0.1, -0.05) is 0 Å². The molecular weight excluding hydrogens is 237 g/mol. The zero-order valence-corrected chi connectivity index (χ0v) is 7.42. The number of aromatic carboxylic acids is 1. The lowest BCUT2D eigenvalue weighted by Crippen LogP contribution is -2.15. The lowest BCUT2D eigenvalue weighted by atomic mass is 10.0. The molecule has 1 heterocycles. The number of carbonyl (C=O) groups is 1. The second-order valence-corrected chi connectivity index (χ2v) is 2.75. The van der Waals surface area contributed by atoms with Crippen molar-refractivity contribution >= 4 is 5.97 Å². The Morgan fingerprint density at radius 3 is 2.25 bits per heavy atom. The Balaban J connectivity index is 3.51. The van der Waals surface area contributed by atoms with E-state index >= 15 is 0 Å². The van der Waals surface area contributed by atoms with Gasteiger partial charge in [0.25, 0.3) is 6.43 Å². The Kier molecular flexibility index (Phi) is 3.11. The minimum Gasteiger partial charge on any atom is -0.478 e.